The van der Waals surface area contributed by atoms with Crippen LogP contribution in [0.3, 0.4) is 0 Å². The van der Waals surface area contributed by atoms with E-state index in [1.54, 1.807) is 12.0 Å². The van der Waals surface area contributed by atoms with Gasteiger partial charge in [-0.2, -0.15) is 0 Å². The van der Waals surface area contributed by atoms with Crippen molar-refractivity contribution in [3.63, 3.8) is 0 Å². The van der Waals surface area contributed by atoms with Crippen molar-refractivity contribution in [1.82, 2.24) is 4.90 Å². The number of carbonyl (C=O) groups excluding carboxylic acids is 1. The third-order valence-electron chi connectivity index (χ3n) is 3.55. The van der Waals surface area contributed by atoms with Gasteiger partial charge in [-0.15, -0.1) is 0 Å². The van der Waals surface area contributed by atoms with Crippen LogP contribution in [0.15, 0.2) is 22.7 Å². The minimum absolute atomic E-state index is 0.204. The zero-order chi connectivity index (χ0) is 17.0. The Kier molecular flexibility index (Phi) is 5.79. The van der Waals surface area contributed by atoms with Gasteiger partial charge in [-0.1, -0.05) is 15.9 Å². The average Bonchev–Trinajstić information content (AvgIpc) is 2.45. The zero-order valence-electron chi connectivity index (χ0n) is 14.2. The van der Waals surface area contributed by atoms with Crippen LogP contribution in [0.1, 0.15) is 33.6 Å². The van der Waals surface area contributed by atoms with Crippen molar-refractivity contribution in [2.45, 2.75) is 45.3 Å². The number of nitrogens with zero attached hydrogens (tertiary/aromatic N) is 1. The second kappa shape index (κ2) is 7.43. The number of carbonyl (C=O) groups is 1. The number of nitrogens with one attached hydrogen (secondary N) is 1. The highest BCUT2D eigenvalue weighted by molar-refractivity contribution is 9.10. The highest BCUT2D eigenvalue weighted by Gasteiger charge is 2.27. The van der Waals surface area contributed by atoms with Gasteiger partial charge in [0.15, 0.2) is 0 Å². The van der Waals surface area contributed by atoms with Gasteiger partial charge in [0.1, 0.15) is 11.4 Å². The number of hydrogen-bond acceptors (Lipinski definition) is 4. The Morgan fingerprint density at radius 1 is 1.35 bits per heavy atom. The molecule has 6 heteroatoms. The lowest BCUT2D eigenvalue weighted by atomic mass is 10.1. The fourth-order valence-corrected chi connectivity index (χ4v) is 3.06. The van der Waals surface area contributed by atoms with Crippen molar-refractivity contribution < 1.29 is 14.3 Å². The molecule has 23 heavy (non-hydrogen) atoms. The molecule has 0 radical (unpaired) electrons. The molecule has 1 unspecified atom stereocenters. The first-order valence-electron chi connectivity index (χ1n) is 7.86. The van der Waals surface area contributed by atoms with Gasteiger partial charge in [-0.05, 0) is 45.7 Å². The smallest absolute Gasteiger partial charge is 0.410 e. The number of methoxy groups -OCH3 is 1. The number of hydrogen-bond donors (Lipinski definition) is 1. The summed E-state index contributed by atoms with van der Waals surface area (Å²) in [5.74, 6) is 0.793. The summed E-state index contributed by atoms with van der Waals surface area (Å²) in [6, 6.07) is 6.08. The number of piperidine rings is 1. The number of anilines is 1. The first kappa shape index (κ1) is 17.9. The number of ether oxygens (including phenoxy) is 2. The van der Waals surface area contributed by atoms with E-state index in [1.165, 1.54) is 0 Å². The summed E-state index contributed by atoms with van der Waals surface area (Å²) in [4.78, 5) is 14.0. The van der Waals surface area contributed by atoms with E-state index in [9.17, 15) is 4.79 Å². The van der Waals surface area contributed by atoms with Gasteiger partial charge < -0.3 is 19.7 Å². The second-order valence-electron chi connectivity index (χ2n) is 6.79. The normalized spacial score (nSPS) is 18.5. The van der Waals surface area contributed by atoms with Crippen LogP contribution >= 0.6 is 15.9 Å². The molecule has 1 aromatic rings. The molecule has 1 atom stereocenters. The SMILES string of the molecule is COc1cc(Br)cc(NC2CCCN(C(=O)OC(C)(C)C)C2)c1. The zero-order valence-corrected chi connectivity index (χ0v) is 15.8. The molecule has 1 fully saturated rings. The third-order valence-corrected chi connectivity index (χ3v) is 4.01. The van der Waals surface area contributed by atoms with Crippen LogP contribution < -0.4 is 10.1 Å². The molecular weight excluding hydrogens is 360 g/mol. The number of halogens is 1. The standard InChI is InChI=1S/C17H25BrN2O3/c1-17(2,3)23-16(21)20-7-5-6-13(11-20)19-14-8-12(18)9-15(10-14)22-4/h8-10,13,19H,5-7,11H2,1-4H3. The third kappa shape index (κ3) is 5.61. The predicted molar refractivity (Wildman–Crippen MR) is 95.1 cm³/mol. The molecule has 1 aliphatic rings. The molecule has 0 aromatic heterocycles. The molecule has 0 aliphatic carbocycles. The maximum Gasteiger partial charge on any atom is 0.410 e. The van der Waals surface area contributed by atoms with Crippen molar-refractivity contribution in [3.8, 4) is 5.75 Å². The number of rotatable bonds is 3. The van der Waals surface area contributed by atoms with Crippen LogP contribution in [0.25, 0.3) is 0 Å². The Morgan fingerprint density at radius 2 is 2.09 bits per heavy atom. The molecule has 5 nitrogen and oxygen atoms in total. The van der Waals surface area contributed by atoms with Crippen molar-refractivity contribution in [1.29, 1.82) is 0 Å². The van der Waals surface area contributed by atoms with Crippen LogP contribution in [0, 0.1) is 0 Å². The van der Waals surface area contributed by atoms with E-state index in [0.717, 1.165) is 35.3 Å². The fraction of sp³-hybridized carbons (Fsp3) is 0.588. The van der Waals surface area contributed by atoms with E-state index >= 15 is 0 Å². The Bertz CT molecular complexity index is 557. The van der Waals surface area contributed by atoms with E-state index in [0.29, 0.717) is 6.54 Å². The van der Waals surface area contributed by atoms with E-state index in [-0.39, 0.29) is 12.1 Å². The molecule has 1 saturated heterocycles. The summed E-state index contributed by atoms with van der Waals surface area (Å²) in [6.07, 6.45) is 1.74. The number of likely N-dealkylation sites (tertiary alicyclic amines) is 1. The second-order valence-corrected chi connectivity index (χ2v) is 7.71. The van der Waals surface area contributed by atoms with Crippen LogP contribution in [0.2, 0.25) is 0 Å². The molecule has 1 N–H and O–H groups in total. The van der Waals surface area contributed by atoms with E-state index < -0.39 is 5.60 Å². The van der Waals surface area contributed by atoms with Gasteiger partial charge in [0, 0.05) is 35.4 Å². The topological polar surface area (TPSA) is 50.8 Å². The molecular formula is C17H25BrN2O3. The van der Waals surface area contributed by atoms with Gasteiger partial charge in [0.25, 0.3) is 0 Å². The minimum Gasteiger partial charge on any atom is -0.497 e. The molecule has 1 aromatic carbocycles. The highest BCUT2D eigenvalue weighted by atomic mass is 79.9. The summed E-state index contributed by atoms with van der Waals surface area (Å²) in [5.41, 5.74) is 0.516. The van der Waals surface area contributed by atoms with Gasteiger partial charge in [-0.25, -0.2) is 4.79 Å². The molecule has 1 heterocycles. The molecule has 1 aliphatic heterocycles. The van der Waals surface area contributed by atoms with Crippen LogP contribution in [-0.4, -0.2) is 42.8 Å². The molecule has 128 valence electrons. The van der Waals surface area contributed by atoms with Crippen LogP contribution in [-0.2, 0) is 4.74 Å². The Labute approximate surface area is 146 Å². The monoisotopic (exact) mass is 384 g/mol. The number of benzene rings is 1. The van der Waals surface area contributed by atoms with E-state index in [1.807, 2.05) is 39.0 Å². The average molecular weight is 385 g/mol. The first-order chi connectivity index (χ1) is 10.8. The first-order valence-corrected chi connectivity index (χ1v) is 8.65. The van der Waals surface area contributed by atoms with Crippen LogP contribution in [0.5, 0.6) is 5.75 Å². The summed E-state index contributed by atoms with van der Waals surface area (Å²) >= 11 is 3.48. The maximum absolute atomic E-state index is 12.2. The lowest BCUT2D eigenvalue weighted by Crippen LogP contribution is -2.46. The molecule has 0 spiro atoms. The molecule has 0 bridgehead atoms. The van der Waals surface area contributed by atoms with Crippen molar-refractivity contribution >= 4 is 27.7 Å². The Balaban J connectivity index is 1.99. The molecule has 2 rings (SSSR count). The van der Waals surface area contributed by atoms with Crippen molar-refractivity contribution in [2.75, 3.05) is 25.5 Å². The minimum atomic E-state index is -0.463. The van der Waals surface area contributed by atoms with Gasteiger partial charge in [0.05, 0.1) is 7.11 Å². The van der Waals surface area contributed by atoms with Gasteiger partial charge in [-0.3, -0.25) is 0 Å². The van der Waals surface area contributed by atoms with Gasteiger partial charge in [0.2, 0.25) is 0 Å². The van der Waals surface area contributed by atoms with Crippen molar-refractivity contribution in [2.24, 2.45) is 0 Å². The van der Waals surface area contributed by atoms with E-state index in [2.05, 4.69) is 21.2 Å². The largest absolute Gasteiger partial charge is 0.497 e. The summed E-state index contributed by atoms with van der Waals surface area (Å²) < 4.78 is 11.7. The summed E-state index contributed by atoms with van der Waals surface area (Å²) in [7, 11) is 1.65. The Morgan fingerprint density at radius 3 is 2.74 bits per heavy atom. The Hall–Kier alpha value is -1.43. The predicted octanol–water partition coefficient (Wildman–Crippen LogP) is 4.27. The maximum atomic E-state index is 12.2. The lowest BCUT2D eigenvalue weighted by Gasteiger charge is -2.34. The van der Waals surface area contributed by atoms with Gasteiger partial charge >= 0.3 is 6.09 Å². The summed E-state index contributed by atoms with van der Waals surface area (Å²) in [6.45, 7) is 7.05. The highest BCUT2D eigenvalue weighted by Crippen LogP contribution is 2.26. The van der Waals surface area contributed by atoms with Crippen molar-refractivity contribution in [3.05, 3.63) is 22.7 Å². The van der Waals surface area contributed by atoms with Crippen LogP contribution in [0.4, 0.5) is 10.5 Å². The quantitative estimate of drug-likeness (QED) is 0.845. The summed E-state index contributed by atoms with van der Waals surface area (Å²) in [5, 5.41) is 3.48. The molecule has 1 amide bonds. The lowest BCUT2D eigenvalue weighted by molar-refractivity contribution is 0.0206. The molecule has 0 saturated carbocycles. The number of amides is 1. The van der Waals surface area contributed by atoms with E-state index in [4.69, 9.17) is 9.47 Å². The fourth-order valence-electron chi connectivity index (χ4n) is 2.59.